The number of nitrogens with two attached hydrogens (primary N) is 2. The van der Waals surface area contributed by atoms with Crippen molar-refractivity contribution >= 4 is 0 Å². The molecule has 2 nitrogen and oxygen atoms in total. The van der Waals surface area contributed by atoms with Crippen LogP contribution in [0.2, 0.25) is 0 Å². The van der Waals surface area contributed by atoms with Gasteiger partial charge in [-0.05, 0) is 24.7 Å². The van der Waals surface area contributed by atoms with E-state index in [4.69, 9.17) is 11.5 Å². The van der Waals surface area contributed by atoms with Gasteiger partial charge in [0.2, 0.25) is 0 Å². The highest BCUT2D eigenvalue weighted by molar-refractivity contribution is 4.90. The molecule has 0 aliphatic heterocycles. The van der Waals surface area contributed by atoms with Crippen LogP contribution in [0.3, 0.4) is 0 Å². The number of hydrogen-bond donors (Lipinski definition) is 2. The van der Waals surface area contributed by atoms with Gasteiger partial charge in [0.1, 0.15) is 0 Å². The fraction of sp³-hybridized carbons (Fsp3) is 1.00. The maximum atomic E-state index is 6.00. The average molecular weight is 156 g/mol. The molecule has 1 fully saturated rings. The van der Waals surface area contributed by atoms with Crippen LogP contribution in [-0.4, -0.2) is 5.66 Å². The maximum Gasteiger partial charge on any atom is 0.0668 e. The highest BCUT2D eigenvalue weighted by Gasteiger charge is 2.34. The van der Waals surface area contributed by atoms with E-state index in [1.165, 1.54) is 19.3 Å². The van der Waals surface area contributed by atoms with Crippen LogP contribution in [0, 0.1) is 11.8 Å². The Kier molecular flexibility index (Phi) is 2.55. The van der Waals surface area contributed by atoms with E-state index in [-0.39, 0.29) is 5.66 Å². The van der Waals surface area contributed by atoms with Crippen LogP contribution in [0.25, 0.3) is 0 Å². The van der Waals surface area contributed by atoms with Crippen LogP contribution in [-0.2, 0) is 0 Å². The lowest BCUT2D eigenvalue weighted by molar-refractivity contribution is 0.147. The molecule has 0 aromatic heterocycles. The van der Waals surface area contributed by atoms with Gasteiger partial charge in [-0.15, -0.1) is 0 Å². The molecule has 0 heterocycles. The molecule has 0 aromatic carbocycles. The molecule has 1 aliphatic rings. The van der Waals surface area contributed by atoms with Gasteiger partial charge in [0.15, 0.2) is 0 Å². The van der Waals surface area contributed by atoms with Gasteiger partial charge in [-0.1, -0.05) is 26.7 Å². The fourth-order valence-corrected chi connectivity index (χ4v) is 2.20. The lowest BCUT2D eigenvalue weighted by Gasteiger charge is -2.40. The molecular formula is C9H20N2. The summed E-state index contributed by atoms with van der Waals surface area (Å²) in [6.45, 7) is 4.43. The first-order valence-corrected chi connectivity index (χ1v) is 4.62. The van der Waals surface area contributed by atoms with Crippen LogP contribution in [0.5, 0.6) is 0 Å². The first-order chi connectivity index (χ1) is 5.04. The molecule has 0 spiro atoms. The van der Waals surface area contributed by atoms with Crippen molar-refractivity contribution in [2.24, 2.45) is 23.3 Å². The van der Waals surface area contributed by atoms with E-state index in [2.05, 4.69) is 13.8 Å². The average Bonchev–Trinajstić information content (AvgIpc) is 1.85. The Morgan fingerprint density at radius 2 is 1.91 bits per heavy atom. The van der Waals surface area contributed by atoms with Crippen molar-refractivity contribution in [2.45, 2.75) is 45.2 Å². The molecule has 0 bridgehead atoms. The molecule has 0 saturated heterocycles. The van der Waals surface area contributed by atoms with Crippen LogP contribution in [0.15, 0.2) is 0 Å². The molecule has 1 atom stereocenters. The van der Waals surface area contributed by atoms with Crippen LogP contribution >= 0.6 is 0 Å². The molecule has 2 heteroatoms. The van der Waals surface area contributed by atoms with Crippen molar-refractivity contribution in [3.63, 3.8) is 0 Å². The van der Waals surface area contributed by atoms with Gasteiger partial charge in [0.25, 0.3) is 0 Å². The Bertz CT molecular complexity index is 130. The molecule has 0 amide bonds. The van der Waals surface area contributed by atoms with Crippen molar-refractivity contribution in [1.82, 2.24) is 0 Å². The second kappa shape index (κ2) is 3.11. The monoisotopic (exact) mass is 156 g/mol. The summed E-state index contributed by atoms with van der Waals surface area (Å²) in [5, 5.41) is 0. The molecule has 1 aliphatic carbocycles. The van der Waals surface area contributed by atoms with Crippen molar-refractivity contribution < 1.29 is 0 Å². The van der Waals surface area contributed by atoms with Crippen molar-refractivity contribution in [3.8, 4) is 0 Å². The Morgan fingerprint density at radius 3 is 2.27 bits per heavy atom. The van der Waals surface area contributed by atoms with Gasteiger partial charge in [-0.2, -0.15) is 0 Å². The van der Waals surface area contributed by atoms with Gasteiger partial charge in [0.05, 0.1) is 5.66 Å². The zero-order valence-corrected chi connectivity index (χ0v) is 7.64. The summed E-state index contributed by atoms with van der Waals surface area (Å²) in [6.07, 6.45) is 4.72. The summed E-state index contributed by atoms with van der Waals surface area (Å²) in [4.78, 5) is 0. The van der Waals surface area contributed by atoms with Gasteiger partial charge in [-0.25, -0.2) is 0 Å². The largest absolute Gasteiger partial charge is 0.313 e. The first-order valence-electron chi connectivity index (χ1n) is 4.62. The summed E-state index contributed by atoms with van der Waals surface area (Å²) >= 11 is 0. The van der Waals surface area contributed by atoms with Gasteiger partial charge in [0, 0.05) is 0 Å². The predicted octanol–water partition coefficient (Wildman–Crippen LogP) is 1.45. The predicted molar refractivity (Wildman–Crippen MR) is 47.9 cm³/mol. The van der Waals surface area contributed by atoms with Gasteiger partial charge < -0.3 is 11.5 Å². The number of rotatable bonds is 1. The topological polar surface area (TPSA) is 52.0 Å². The standard InChI is InChI=1S/C9H20N2/c1-7(2)8-5-3-4-6-9(8,10)11/h7-8H,3-6,10-11H2,1-2H3. The SMILES string of the molecule is CC(C)C1CCCCC1(N)N. The van der Waals surface area contributed by atoms with Crippen molar-refractivity contribution in [3.05, 3.63) is 0 Å². The van der Waals surface area contributed by atoms with Crippen molar-refractivity contribution in [2.75, 3.05) is 0 Å². The summed E-state index contributed by atoms with van der Waals surface area (Å²) < 4.78 is 0. The minimum atomic E-state index is -0.383. The summed E-state index contributed by atoms with van der Waals surface area (Å²) in [6, 6.07) is 0. The third-order valence-electron chi connectivity index (χ3n) is 2.87. The second-order valence-electron chi connectivity index (χ2n) is 4.21. The van der Waals surface area contributed by atoms with E-state index >= 15 is 0 Å². The lowest BCUT2D eigenvalue weighted by atomic mass is 9.74. The molecule has 4 N–H and O–H groups in total. The van der Waals surface area contributed by atoms with E-state index in [1.54, 1.807) is 0 Å². The third-order valence-corrected chi connectivity index (χ3v) is 2.87. The Labute approximate surface area is 69.3 Å². The molecular weight excluding hydrogens is 136 g/mol. The van der Waals surface area contributed by atoms with E-state index in [1.807, 2.05) is 0 Å². The normalized spacial score (nSPS) is 30.8. The van der Waals surface area contributed by atoms with Gasteiger partial charge >= 0.3 is 0 Å². The van der Waals surface area contributed by atoms with Crippen LogP contribution in [0.4, 0.5) is 0 Å². The molecule has 1 rings (SSSR count). The summed E-state index contributed by atoms with van der Waals surface area (Å²) in [5.74, 6) is 1.15. The minimum Gasteiger partial charge on any atom is -0.313 e. The second-order valence-corrected chi connectivity index (χ2v) is 4.21. The van der Waals surface area contributed by atoms with E-state index in [0.29, 0.717) is 11.8 Å². The maximum absolute atomic E-state index is 6.00. The molecule has 66 valence electrons. The molecule has 0 aromatic rings. The fourth-order valence-electron chi connectivity index (χ4n) is 2.20. The molecule has 11 heavy (non-hydrogen) atoms. The summed E-state index contributed by atoms with van der Waals surface area (Å²) in [7, 11) is 0. The Hall–Kier alpha value is -0.0800. The van der Waals surface area contributed by atoms with E-state index in [0.717, 1.165) is 6.42 Å². The molecule has 1 saturated carbocycles. The molecule has 0 radical (unpaired) electrons. The molecule has 1 unspecified atom stereocenters. The highest BCUT2D eigenvalue weighted by Crippen LogP contribution is 2.33. The smallest absolute Gasteiger partial charge is 0.0668 e. The summed E-state index contributed by atoms with van der Waals surface area (Å²) in [5.41, 5.74) is 11.6. The quantitative estimate of drug-likeness (QED) is 0.564. The zero-order valence-electron chi connectivity index (χ0n) is 7.64. The Morgan fingerprint density at radius 1 is 1.27 bits per heavy atom. The Balaban J connectivity index is 2.60. The van der Waals surface area contributed by atoms with Crippen molar-refractivity contribution in [1.29, 1.82) is 0 Å². The minimum absolute atomic E-state index is 0.383. The highest BCUT2D eigenvalue weighted by atomic mass is 15.0. The van der Waals surface area contributed by atoms with Crippen LogP contribution < -0.4 is 11.5 Å². The van der Waals surface area contributed by atoms with E-state index < -0.39 is 0 Å². The zero-order chi connectivity index (χ0) is 8.48. The van der Waals surface area contributed by atoms with Crippen LogP contribution in [0.1, 0.15) is 39.5 Å². The van der Waals surface area contributed by atoms with E-state index in [9.17, 15) is 0 Å². The third kappa shape index (κ3) is 1.94. The lowest BCUT2D eigenvalue weighted by Crippen LogP contribution is -2.58. The van der Waals surface area contributed by atoms with Gasteiger partial charge in [-0.3, -0.25) is 0 Å². The number of hydrogen-bond acceptors (Lipinski definition) is 2. The first kappa shape index (κ1) is 9.01.